The van der Waals surface area contributed by atoms with E-state index in [-0.39, 0.29) is 0 Å². The Labute approximate surface area is 115 Å². The molecule has 0 radical (unpaired) electrons. The minimum absolute atomic E-state index is 6.46. The van der Waals surface area contributed by atoms with Gasteiger partial charge in [0.25, 0.3) is 0 Å². The summed E-state index contributed by atoms with van der Waals surface area (Å²) < 4.78 is 191. The molecule has 2 atom stereocenters. The molecule has 15 heteroatoms. The first-order valence-electron chi connectivity index (χ1n) is 4.94. The van der Waals surface area contributed by atoms with E-state index in [2.05, 4.69) is 0 Å². The van der Waals surface area contributed by atoms with Crippen molar-refractivity contribution in [3.63, 3.8) is 0 Å². The Hall–Kier alpha value is -1.05. The molecule has 0 bridgehead atoms. The highest BCUT2D eigenvalue weighted by atomic mass is 19.4. The average Bonchev–Trinajstić information content (AvgIpc) is 2.33. The van der Waals surface area contributed by atoms with E-state index in [0.29, 0.717) is 0 Å². The van der Waals surface area contributed by atoms with E-state index in [0.717, 1.165) is 0 Å². The number of alkyl halides is 15. The summed E-state index contributed by atoms with van der Waals surface area (Å²) in [5.74, 6) is -39.3. The standard InChI is InChI=1S/C8HF15/c9-1-2(10,8(21,22)23)4(13,14)6(17,18)7(19,20)5(15,16)3(1,11)12/h1H. The number of hydrogen-bond donors (Lipinski definition) is 0. The van der Waals surface area contributed by atoms with E-state index in [1.54, 1.807) is 0 Å². The van der Waals surface area contributed by atoms with Crippen LogP contribution < -0.4 is 0 Å². The van der Waals surface area contributed by atoms with Crippen molar-refractivity contribution in [2.45, 2.75) is 47.6 Å². The van der Waals surface area contributed by atoms with Crippen LogP contribution >= 0.6 is 0 Å². The minimum atomic E-state index is -8.02. The minimum Gasteiger partial charge on any atom is -0.236 e. The fourth-order valence-electron chi connectivity index (χ4n) is 1.72. The van der Waals surface area contributed by atoms with Crippen molar-refractivity contribution < 1.29 is 65.9 Å². The van der Waals surface area contributed by atoms with Crippen LogP contribution in [0.3, 0.4) is 0 Å². The van der Waals surface area contributed by atoms with Crippen LogP contribution in [0.25, 0.3) is 0 Å². The molecular weight excluding hydrogens is 381 g/mol. The lowest BCUT2D eigenvalue weighted by atomic mass is 9.87. The highest BCUT2D eigenvalue weighted by Crippen LogP contribution is 2.68. The Morgan fingerprint density at radius 3 is 1.13 bits per heavy atom. The fourth-order valence-corrected chi connectivity index (χ4v) is 1.72. The maximum absolute atomic E-state index is 13.3. The van der Waals surface area contributed by atoms with E-state index in [4.69, 9.17) is 0 Å². The summed E-state index contributed by atoms with van der Waals surface area (Å²) in [5, 5.41) is 0. The highest BCUT2D eigenvalue weighted by Gasteiger charge is 3.00. The molecule has 1 aliphatic rings. The van der Waals surface area contributed by atoms with Gasteiger partial charge in [-0.15, -0.1) is 0 Å². The van der Waals surface area contributed by atoms with Crippen LogP contribution in [0.15, 0.2) is 0 Å². The number of halogens is 15. The molecule has 1 rings (SSSR count). The molecule has 0 aromatic heterocycles. The number of hydrogen-bond acceptors (Lipinski definition) is 0. The molecule has 0 amide bonds. The second-order valence-electron chi connectivity index (χ2n) is 4.49. The van der Waals surface area contributed by atoms with Crippen LogP contribution in [0.5, 0.6) is 0 Å². The van der Waals surface area contributed by atoms with Crippen molar-refractivity contribution in [3.05, 3.63) is 0 Å². The highest BCUT2D eigenvalue weighted by molar-refractivity contribution is 5.25. The summed E-state index contributed by atoms with van der Waals surface area (Å²) in [4.78, 5) is 0. The number of rotatable bonds is 0. The van der Waals surface area contributed by atoms with Gasteiger partial charge in [-0.05, 0) is 0 Å². The quantitative estimate of drug-likeness (QED) is 0.418. The van der Waals surface area contributed by atoms with Crippen molar-refractivity contribution in [1.29, 1.82) is 0 Å². The van der Waals surface area contributed by atoms with Crippen molar-refractivity contribution in [1.82, 2.24) is 0 Å². The SMILES string of the molecule is FC1C(F)(F)C(F)(F)C(F)(F)C(F)(F)C(F)(F)C1(F)C(F)(F)F. The lowest BCUT2D eigenvalue weighted by Crippen LogP contribution is -2.70. The van der Waals surface area contributed by atoms with Gasteiger partial charge in [0.15, 0.2) is 0 Å². The van der Waals surface area contributed by atoms with Gasteiger partial charge in [0, 0.05) is 0 Å². The molecule has 0 aromatic rings. The van der Waals surface area contributed by atoms with Gasteiger partial charge in [-0.1, -0.05) is 0 Å². The average molecular weight is 382 g/mol. The molecule has 0 aromatic carbocycles. The molecule has 23 heavy (non-hydrogen) atoms. The third-order valence-corrected chi connectivity index (χ3v) is 3.14. The lowest BCUT2D eigenvalue weighted by molar-refractivity contribution is -0.406. The van der Waals surface area contributed by atoms with Crippen molar-refractivity contribution in [2.75, 3.05) is 0 Å². The monoisotopic (exact) mass is 382 g/mol. The van der Waals surface area contributed by atoms with E-state index in [9.17, 15) is 65.9 Å². The largest absolute Gasteiger partial charge is 0.432 e. The zero-order valence-corrected chi connectivity index (χ0v) is 9.75. The van der Waals surface area contributed by atoms with Crippen molar-refractivity contribution in [2.24, 2.45) is 0 Å². The first-order valence-corrected chi connectivity index (χ1v) is 4.94. The van der Waals surface area contributed by atoms with Gasteiger partial charge in [0.2, 0.25) is 6.17 Å². The summed E-state index contributed by atoms with van der Waals surface area (Å²) in [7, 11) is 0. The third kappa shape index (κ3) is 1.78. The van der Waals surface area contributed by atoms with E-state index >= 15 is 0 Å². The van der Waals surface area contributed by atoms with Gasteiger partial charge < -0.3 is 0 Å². The Kier molecular flexibility index (Phi) is 3.75. The Bertz CT molecular complexity index is 486. The molecule has 0 nitrogen and oxygen atoms in total. The summed E-state index contributed by atoms with van der Waals surface area (Å²) in [6.07, 6.45) is -14.1. The second kappa shape index (κ2) is 4.32. The summed E-state index contributed by atoms with van der Waals surface area (Å²) in [6.45, 7) is 0. The Morgan fingerprint density at radius 1 is 0.522 bits per heavy atom. The van der Waals surface area contributed by atoms with E-state index < -0.39 is 47.6 Å². The lowest BCUT2D eigenvalue weighted by Gasteiger charge is -2.39. The van der Waals surface area contributed by atoms with Crippen LogP contribution in [0.2, 0.25) is 0 Å². The van der Waals surface area contributed by atoms with Crippen LogP contribution in [0, 0.1) is 0 Å². The topological polar surface area (TPSA) is 0 Å². The Balaban J connectivity index is 4.02. The maximum atomic E-state index is 13.3. The summed E-state index contributed by atoms with van der Waals surface area (Å²) in [6, 6.07) is 0. The van der Waals surface area contributed by atoms with Gasteiger partial charge in [-0.2, -0.15) is 57.1 Å². The first-order chi connectivity index (χ1) is 9.65. The summed E-state index contributed by atoms with van der Waals surface area (Å²) >= 11 is 0. The predicted octanol–water partition coefficient (Wildman–Crippen LogP) is 4.79. The first kappa shape index (κ1) is 20.0. The van der Waals surface area contributed by atoms with Crippen LogP contribution in [-0.2, 0) is 0 Å². The van der Waals surface area contributed by atoms with Gasteiger partial charge in [-0.3, -0.25) is 0 Å². The van der Waals surface area contributed by atoms with Gasteiger partial charge in [0.1, 0.15) is 0 Å². The van der Waals surface area contributed by atoms with E-state index in [1.807, 2.05) is 0 Å². The molecule has 0 spiro atoms. The molecule has 1 aliphatic carbocycles. The molecule has 0 aliphatic heterocycles. The molecule has 1 fully saturated rings. The molecule has 1 saturated carbocycles. The molecule has 0 saturated heterocycles. The second-order valence-corrected chi connectivity index (χ2v) is 4.49. The molecular formula is C8HF15. The predicted molar refractivity (Wildman–Crippen MR) is 39.5 cm³/mol. The smallest absolute Gasteiger partial charge is 0.236 e. The summed E-state index contributed by atoms with van der Waals surface area (Å²) in [5.41, 5.74) is -7.73. The van der Waals surface area contributed by atoms with Gasteiger partial charge in [-0.25, -0.2) is 8.78 Å². The third-order valence-electron chi connectivity index (χ3n) is 3.14. The van der Waals surface area contributed by atoms with Gasteiger partial charge in [0.05, 0.1) is 0 Å². The van der Waals surface area contributed by atoms with Gasteiger partial charge >= 0.3 is 41.5 Å². The molecule has 138 valence electrons. The zero-order valence-electron chi connectivity index (χ0n) is 9.75. The van der Waals surface area contributed by atoms with Crippen LogP contribution in [0.1, 0.15) is 0 Å². The molecule has 2 unspecified atom stereocenters. The van der Waals surface area contributed by atoms with Crippen molar-refractivity contribution >= 4 is 0 Å². The molecule has 0 N–H and O–H groups in total. The molecule has 0 heterocycles. The van der Waals surface area contributed by atoms with Crippen LogP contribution in [0.4, 0.5) is 65.9 Å². The zero-order chi connectivity index (χ0) is 19.1. The Morgan fingerprint density at radius 2 is 0.826 bits per heavy atom. The van der Waals surface area contributed by atoms with Crippen LogP contribution in [-0.4, -0.2) is 47.6 Å². The van der Waals surface area contributed by atoms with Crippen molar-refractivity contribution in [3.8, 4) is 0 Å². The van der Waals surface area contributed by atoms with E-state index in [1.165, 1.54) is 0 Å². The normalized spacial score (nSPS) is 38.0. The maximum Gasteiger partial charge on any atom is 0.432 e. The fraction of sp³-hybridized carbons (Fsp3) is 1.00.